The van der Waals surface area contributed by atoms with E-state index >= 15 is 0 Å². The molecule has 0 aliphatic heterocycles. The zero-order valence-electron chi connectivity index (χ0n) is 16.0. The van der Waals surface area contributed by atoms with E-state index in [0.717, 1.165) is 22.9 Å². The molecule has 0 fully saturated rings. The molecule has 0 spiro atoms. The molecule has 0 atom stereocenters. The van der Waals surface area contributed by atoms with Crippen LogP contribution < -0.4 is 5.32 Å². The van der Waals surface area contributed by atoms with Gasteiger partial charge in [0, 0.05) is 6.54 Å². The summed E-state index contributed by atoms with van der Waals surface area (Å²) in [5.74, 6) is -0.828. The molecule has 150 valence electrons. The van der Waals surface area contributed by atoms with E-state index in [4.69, 9.17) is 11.6 Å². The molecule has 0 saturated heterocycles. The molecular formula is C21H20ClN3O3S. The lowest BCUT2D eigenvalue weighted by molar-refractivity contribution is 0.0945. The Balaban J connectivity index is 1.79. The molecule has 2 aromatic carbocycles. The van der Waals surface area contributed by atoms with Gasteiger partial charge in [0.15, 0.2) is 5.69 Å². The number of hydrogen-bond acceptors (Lipinski definition) is 5. The van der Waals surface area contributed by atoms with E-state index < -0.39 is 20.9 Å². The Hall–Kier alpha value is -2.77. The molecule has 1 aromatic heterocycles. The first-order valence-corrected chi connectivity index (χ1v) is 10.9. The van der Waals surface area contributed by atoms with Crippen molar-refractivity contribution < 1.29 is 13.2 Å². The van der Waals surface area contributed by atoms with Crippen molar-refractivity contribution >= 4 is 27.3 Å². The van der Waals surface area contributed by atoms with Crippen LogP contribution in [0.25, 0.3) is 0 Å². The Bertz CT molecular complexity index is 1150. The highest BCUT2D eigenvalue weighted by atomic mass is 35.5. The number of aromatic nitrogens is 2. The highest BCUT2D eigenvalue weighted by molar-refractivity contribution is 7.90. The smallest absolute Gasteiger partial charge is 0.271 e. The molecule has 6 nitrogen and oxygen atoms in total. The van der Waals surface area contributed by atoms with Crippen LogP contribution in [0.5, 0.6) is 0 Å². The first kappa shape index (κ1) is 21.0. The third-order valence-electron chi connectivity index (χ3n) is 4.23. The van der Waals surface area contributed by atoms with E-state index in [1.54, 1.807) is 18.2 Å². The van der Waals surface area contributed by atoms with Crippen LogP contribution in [0.4, 0.5) is 0 Å². The average Bonchev–Trinajstić information content (AvgIpc) is 2.67. The quantitative estimate of drug-likeness (QED) is 0.604. The van der Waals surface area contributed by atoms with Crippen molar-refractivity contribution in [2.24, 2.45) is 0 Å². The standard InChI is InChI=1S/C21H20ClN3O3S/c1-14-6-8-16(9-7-14)11-23-20(26)19-18(22)12-24-21(25-19)29(27,28)13-17-5-3-4-15(2)10-17/h3-10,12H,11,13H2,1-2H3,(H,23,26). The summed E-state index contributed by atoms with van der Waals surface area (Å²) in [6.07, 6.45) is 1.14. The van der Waals surface area contributed by atoms with E-state index in [1.165, 1.54) is 0 Å². The highest BCUT2D eigenvalue weighted by Gasteiger charge is 2.23. The van der Waals surface area contributed by atoms with Crippen LogP contribution in [0.3, 0.4) is 0 Å². The van der Waals surface area contributed by atoms with Crippen LogP contribution in [0.1, 0.15) is 32.7 Å². The van der Waals surface area contributed by atoms with Crippen LogP contribution in [-0.4, -0.2) is 24.3 Å². The second kappa shape index (κ2) is 8.71. The SMILES string of the molecule is Cc1ccc(CNC(=O)c2nc(S(=O)(=O)Cc3cccc(C)c3)ncc2Cl)cc1. The number of nitrogens with one attached hydrogen (secondary N) is 1. The van der Waals surface area contributed by atoms with Crippen LogP contribution >= 0.6 is 11.6 Å². The summed E-state index contributed by atoms with van der Waals surface area (Å²) in [7, 11) is -3.84. The van der Waals surface area contributed by atoms with Crippen molar-refractivity contribution in [3.8, 4) is 0 Å². The van der Waals surface area contributed by atoms with Crippen molar-refractivity contribution in [3.63, 3.8) is 0 Å². The van der Waals surface area contributed by atoms with Crippen LogP contribution in [-0.2, 0) is 22.1 Å². The normalized spacial score (nSPS) is 11.3. The topological polar surface area (TPSA) is 89.0 Å². The first-order valence-electron chi connectivity index (χ1n) is 8.89. The van der Waals surface area contributed by atoms with E-state index in [0.29, 0.717) is 5.56 Å². The summed E-state index contributed by atoms with van der Waals surface area (Å²) in [4.78, 5) is 20.3. The minimum absolute atomic E-state index is 0.0130. The van der Waals surface area contributed by atoms with Crippen LogP contribution in [0.15, 0.2) is 59.9 Å². The van der Waals surface area contributed by atoms with Crippen LogP contribution in [0.2, 0.25) is 5.02 Å². The monoisotopic (exact) mass is 429 g/mol. The van der Waals surface area contributed by atoms with Crippen molar-refractivity contribution in [1.82, 2.24) is 15.3 Å². The van der Waals surface area contributed by atoms with Gasteiger partial charge in [0.05, 0.1) is 17.0 Å². The number of amides is 1. The highest BCUT2D eigenvalue weighted by Crippen LogP contribution is 2.18. The van der Waals surface area contributed by atoms with Crippen LogP contribution in [0, 0.1) is 13.8 Å². The minimum atomic E-state index is -3.84. The molecule has 0 unspecified atom stereocenters. The molecule has 8 heteroatoms. The Morgan fingerprint density at radius 1 is 1.03 bits per heavy atom. The number of halogens is 1. The second-order valence-electron chi connectivity index (χ2n) is 6.77. The molecule has 0 saturated carbocycles. The Labute approximate surface area is 174 Å². The van der Waals surface area contributed by atoms with Crippen molar-refractivity contribution in [2.45, 2.75) is 31.3 Å². The molecule has 0 aliphatic rings. The molecule has 1 amide bonds. The number of benzene rings is 2. The van der Waals surface area contributed by atoms with Gasteiger partial charge in [-0.2, -0.15) is 0 Å². The fourth-order valence-electron chi connectivity index (χ4n) is 2.72. The summed E-state index contributed by atoms with van der Waals surface area (Å²) in [6, 6.07) is 14.8. The number of aryl methyl sites for hydroxylation is 2. The average molecular weight is 430 g/mol. The molecule has 0 radical (unpaired) electrons. The van der Waals surface area contributed by atoms with Crippen molar-refractivity contribution in [1.29, 1.82) is 0 Å². The van der Waals surface area contributed by atoms with E-state index in [9.17, 15) is 13.2 Å². The minimum Gasteiger partial charge on any atom is -0.347 e. The largest absolute Gasteiger partial charge is 0.347 e. The molecule has 3 rings (SSSR count). The maximum atomic E-state index is 12.7. The van der Waals surface area contributed by atoms with Gasteiger partial charge >= 0.3 is 0 Å². The van der Waals surface area contributed by atoms with Gasteiger partial charge in [-0.3, -0.25) is 4.79 Å². The Morgan fingerprint density at radius 3 is 2.45 bits per heavy atom. The molecule has 29 heavy (non-hydrogen) atoms. The summed E-state index contributed by atoms with van der Waals surface area (Å²) >= 11 is 6.04. The number of sulfone groups is 1. The van der Waals surface area contributed by atoms with Gasteiger partial charge in [-0.05, 0) is 25.0 Å². The zero-order valence-corrected chi connectivity index (χ0v) is 17.6. The van der Waals surface area contributed by atoms with E-state index in [-0.39, 0.29) is 23.0 Å². The number of hydrogen-bond donors (Lipinski definition) is 1. The zero-order chi connectivity index (χ0) is 21.0. The summed E-state index contributed by atoms with van der Waals surface area (Å²) in [5.41, 5.74) is 3.42. The van der Waals surface area contributed by atoms with Crippen molar-refractivity contribution in [2.75, 3.05) is 0 Å². The van der Waals surface area contributed by atoms with E-state index in [2.05, 4.69) is 15.3 Å². The second-order valence-corrected chi connectivity index (χ2v) is 9.06. The van der Waals surface area contributed by atoms with E-state index in [1.807, 2.05) is 44.2 Å². The molecule has 3 aromatic rings. The fourth-order valence-corrected chi connectivity index (χ4v) is 4.09. The van der Waals surface area contributed by atoms with Gasteiger partial charge in [0.1, 0.15) is 0 Å². The third-order valence-corrected chi connectivity index (χ3v) is 5.97. The maximum Gasteiger partial charge on any atom is 0.271 e. The Morgan fingerprint density at radius 2 is 1.76 bits per heavy atom. The molecular weight excluding hydrogens is 410 g/mol. The lowest BCUT2D eigenvalue weighted by atomic mass is 10.1. The van der Waals surface area contributed by atoms with Gasteiger partial charge < -0.3 is 5.32 Å². The summed E-state index contributed by atoms with van der Waals surface area (Å²) < 4.78 is 25.4. The summed E-state index contributed by atoms with van der Waals surface area (Å²) in [6.45, 7) is 4.12. The fraction of sp³-hybridized carbons (Fsp3) is 0.190. The van der Waals surface area contributed by atoms with Gasteiger partial charge in [-0.15, -0.1) is 0 Å². The van der Waals surface area contributed by atoms with Crippen molar-refractivity contribution in [3.05, 3.63) is 87.7 Å². The first-order chi connectivity index (χ1) is 13.7. The Kier molecular flexibility index (Phi) is 6.30. The molecule has 0 aliphatic carbocycles. The lowest BCUT2D eigenvalue weighted by Gasteiger charge is -2.09. The number of nitrogens with zero attached hydrogens (tertiary/aromatic N) is 2. The van der Waals surface area contributed by atoms with Gasteiger partial charge in [0.25, 0.3) is 5.91 Å². The number of rotatable bonds is 6. The predicted molar refractivity (Wildman–Crippen MR) is 111 cm³/mol. The van der Waals surface area contributed by atoms with Gasteiger partial charge in [-0.1, -0.05) is 71.3 Å². The lowest BCUT2D eigenvalue weighted by Crippen LogP contribution is -2.25. The number of carbonyl (C=O) groups excluding carboxylic acids is 1. The summed E-state index contributed by atoms with van der Waals surface area (Å²) in [5, 5.41) is 2.26. The third kappa shape index (κ3) is 5.40. The van der Waals surface area contributed by atoms with Gasteiger partial charge in [-0.25, -0.2) is 18.4 Å². The molecule has 0 bridgehead atoms. The predicted octanol–water partition coefficient (Wildman–Crippen LogP) is 3.65. The molecule has 1 N–H and O–H groups in total. The maximum absolute atomic E-state index is 12.7. The van der Waals surface area contributed by atoms with Gasteiger partial charge in [0.2, 0.25) is 15.0 Å². The molecule has 1 heterocycles. The number of carbonyl (C=O) groups is 1.